The topological polar surface area (TPSA) is 66.4 Å². The monoisotopic (exact) mass is 514 g/mol. The second-order valence-corrected chi connectivity index (χ2v) is 11.3. The van der Waals surface area contributed by atoms with Crippen molar-refractivity contribution < 1.29 is 29.1 Å². The van der Waals surface area contributed by atoms with Crippen molar-refractivity contribution in [3.63, 3.8) is 0 Å². The van der Waals surface area contributed by atoms with Gasteiger partial charge in [0, 0.05) is 22.6 Å². The first-order chi connectivity index (χ1) is 18.6. The van der Waals surface area contributed by atoms with E-state index in [4.69, 9.17) is 29.1 Å². The van der Waals surface area contributed by atoms with Gasteiger partial charge in [0.05, 0.1) is 13.2 Å². The van der Waals surface area contributed by atoms with Gasteiger partial charge in [-0.15, -0.1) is 0 Å². The molecule has 4 bridgehead atoms. The summed E-state index contributed by atoms with van der Waals surface area (Å²) in [6.07, 6.45) is 5.88. The number of rotatable bonds is 7. The Kier molecular flexibility index (Phi) is 6.16. The summed E-state index contributed by atoms with van der Waals surface area (Å²) in [4.78, 5) is 12.1. The zero-order chi connectivity index (χ0) is 25.7. The first-order valence-electron chi connectivity index (χ1n) is 13.8. The van der Waals surface area contributed by atoms with Gasteiger partial charge in [-0.3, -0.25) is 0 Å². The van der Waals surface area contributed by atoms with Crippen molar-refractivity contribution in [2.45, 2.75) is 44.0 Å². The van der Waals surface area contributed by atoms with E-state index in [0.717, 1.165) is 51.0 Å². The zero-order valence-corrected chi connectivity index (χ0v) is 21.5. The molecule has 1 heterocycles. The fourth-order valence-electron chi connectivity index (χ4n) is 7.44. The van der Waals surface area contributed by atoms with Crippen molar-refractivity contribution in [3.05, 3.63) is 72.8 Å². The van der Waals surface area contributed by atoms with Crippen LogP contribution in [-0.4, -0.2) is 36.8 Å². The lowest BCUT2D eigenvalue weighted by molar-refractivity contribution is -0.517. The number of benzene rings is 3. The van der Waals surface area contributed by atoms with Crippen molar-refractivity contribution in [1.29, 1.82) is 0 Å². The second-order valence-electron chi connectivity index (χ2n) is 11.3. The van der Waals surface area contributed by atoms with Crippen LogP contribution in [0.4, 0.5) is 0 Å². The summed E-state index contributed by atoms with van der Waals surface area (Å²) in [5, 5.41) is 11.0. The Labute approximate surface area is 223 Å². The Morgan fingerprint density at radius 3 is 2.16 bits per heavy atom. The molecule has 1 saturated heterocycles. The van der Waals surface area contributed by atoms with Crippen LogP contribution in [0.25, 0.3) is 16.3 Å². The van der Waals surface area contributed by atoms with Crippen LogP contribution < -0.4 is 9.47 Å². The summed E-state index contributed by atoms with van der Waals surface area (Å²) in [7, 11) is 0. The van der Waals surface area contributed by atoms with Gasteiger partial charge in [-0.25, -0.2) is 4.89 Å². The van der Waals surface area contributed by atoms with Crippen molar-refractivity contribution in [3.8, 4) is 17.2 Å². The van der Waals surface area contributed by atoms with Gasteiger partial charge in [0.2, 0.25) is 5.79 Å². The van der Waals surface area contributed by atoms with Gasteiger partial charge in [0.25, 0.3) is 0 Å². The zero-order valence-electron chi connectivity index (χ0n) is 21.5. The summed E-state index contributed by atoms with van der Waals surface area (Å²) < 4.78 is 18.5. The van der Waals surface area contributed by atoms with Crippen LogP contribution in [0, 0.1) is 23.7 Å². The number of hydrogen-bond acceptors (Lipinski definition) is 6. The van der Waals surface area contributed by atoms with Crippen LogP contribution >= 0.6 is 0 Å². The molecule has 1 spiro atoms. The summed E-state index contributed by atoms with van der Waals surface area (Å²) in [6, 6.07) is 19.6. The molecule has 1 N–H and O–H groups in total. The molecule has 6 heteroatoms. The third-order valence-corrected chi connectivity index (χ3v) is 9.06. The van der Waals surface area contributed by atoms with Gasteiger partial charge in [0.1, 0.15) is 30.0 Å². The van der Waals surface area contributed by atoms with Gasteiger partial charge >= 0.3 is 0 Å². The van der Waals surface area contributed by atoms with E-state index in [9.17, 15) is 0 Å². The minimum absolute atomic E-state index is 0.0306. The van der Waals surface area contributed by atoms with E-state index in [2.05, 4.69) is 6.58 Å². The predicted octanol–water partition coefficient (Wildman–Crippen LogP) is 6.52. The molecule has 38 heavy (non-hydrogen) atoms. The highest BCUT2D eigenvalue weighted by atomic mass is 17.2. The van der Waals surface area contributed by atoms with Crippen molar-refractivity contribution >= 4 is 16.3 Å². The van der Waals surface area contributed by atoms with Crippen LogP contribution in [0.5, 0.6) is 17.2 Å². The number of aliphatic hydroxyl groups excluding tert-OH is 1. The Bertz CT molecular complexity index is 1290. The largest absolute Gasteiger partial charge is 0.491 e. The summed E-state index contributed by atoms with van der Waals surface area (Å²) in [5.41, 5.74) is 1.80. The first kappa shape index (κ1) is 24.2. The average Bonchev–Trinajstić information content (AvgIpc) is 2.95. The highest BCUT2D eigenvalue weighted by Gasteiger charge is 2.61. The lowest BCUT2D eigenvalue weighted by atomic mass is 9.53. The lowest BCUT2D eigenvalue weighted by Gasteiger charge is -2.60. The standard InChI is InChI=1S/C32H34O6/c1-20(31-19-35-32(38-37-31)24-15-21-14-22(17-24)18-25(32)16-21)23-8-10-26(11-9-23)36-30-7-3-4-27-28(30)5-2-6-29(27)34-13-12-33/h2-11,21-22,24-25,31,33H,1,12-19H2. The molecule has 198 valence electrons. The molecule has 1 aliphatic heterocycles. The predicted molar refractivity (Wildman–Crippen MR) is 144 cm³/mol. The van der Waals surface area contributed by atoms with Crippen molar-refractivity contribution in [2.24, 2.45) is 23.7 Å². The number of ether oxygens (including phenoxy) is 3. The Morgan fingerprint density at radius 1 is 0.868 bits per heavy atom. The molecule has 0 radical (unpaired) electrons. The molecule has 5 fully saturated rings. The molecule has 1 unspecified atom stereocenters. The van der Waals surface area contributed by atoms with Crippen molar-refractivity contribution in [1.82, 2.24) is 0 Å². The lowest BCUT2D eigenvalue weighted by Crippen LogP contribution is -2.63. The molecule has 4 aliphatic carbocycles. The SMILES string of the molecule is C=C(c1ccc(Oc2cccc3c(OCCO)cccc23)cc1)C1COC2(OO1)C1CC3CC(C1)CC2C3. The van der Waals surface area contributed by atoms with E-state index >= 15 is 0 Å². The Morgan fingerprint density at radius 2 is 1.53 bits per heavy atom. The summed E-state index contributed by atoms with van der Waals surface area (Å²) in [6.45, 7) is 4.99. The van der Waals surface area contributed by atoms with E-state index in [-0.39, 0.29) is 19.3 Å². The quantitative estimate of drug-likeness (QED) is 0.362. The molecule has 6 nitrogen and oxygen atoms in total. The molecule has 0 amide bonds. The van der Waals surface area contributed by atoms with E-state index in [1.165, 1.54) is 32.1 Å². The summed E-state index contributed by atoms with van der Waals surface area (Å²) in [5.74, 6) is 4.23. The van der Waals surface area contributed by atoms with E-state index in [0.29, 0.717) is 18.4 Å². The fraction of sp³-hybridized carbons (Fsp3) is 0.438. The van der Waals surface area contributed by atoms with Gasteiger partial charge in [-0.2, -0.15) is 4.89 Å². The maximum absolute atomic E-state index is 9.12. The molecular formula is C32H34O6. The molecule has 5 aliphatic rings. The van der Waals surface area contributed by atoms with E-state index in [1.807, 2.05) is 60.7 Å². The van der Waals surface area contributed by atoms with Crippen molar-refractivity contribution in [2.75, 3.05) is 19.8 Å². The smallest absolute Gasteiger partial charge is 0.207 e. The van der Waals surface area contributed by atoms with Crippen LogP contribution in [0.1, 0.15) is 37.7 Å². The number of hydrogen-bond donors (Lipinski definition) is 1. The highest BCUT2D eigenvalue weighted by Crippen LogP contribution is 2.60. The third kappa shape index (κ3) is 4.11. The van der Waals surface area contributed by atoms with Crippen LogP contribution in [0.2, 0.25) is 0 Å². The maximum atomic E-state index is 9.12. The second kappa shape index (κ2) is 9.69. The van der Waals surface area contributed by atoms with Crippen LogP contribution in [0.15, 0.2) is 67.2 Å². The minimum atomic E-state index is -0.552. The van der Waals surface area contributed by atoms with E-state index in [1.54, 1.807) is 0 Å². The highest BCUT2D eigenvalue weighted by molar-refractivity contribution is 5.93. The number of fused-ring (bicyclic) bond motifs is 1. The van der Waals surface area contributed by atoms with Gasteiger partial charge in [0.15, 0.2) is 0 Å². The molecule has 3 aromatic rings. The normalized spacial score (nSPS) is 31.6. The Balaban J connectivity index is 1.02. The molecular weight excluding hydrogens is 480 g/mol. The maximum Gasteiger partial charge on any atom is 0.207 e. The molecule has 1 atom stereocenters. The fourth-order valence-corrected chi connectivity index (χ4v) is 7.44. The first-order valence-corrected chi connectivity index (χ1v) is 13.8. The van der Waals surface area contributed by atoms with Crippen LogP contribution in [-0.2, 0) is 14.5 Å². The Hall–Kier alpha value is -2.90. The summed E-state index contributed by atoms with van der Waals surface area (Å²) >= 11 is 0. The van der Waals surface area contributed by atoms with E-state index < -0.39 is 5.79 Å². The molecule has 8 rings (SSSR count). The van der Waals surface area contributed by atoms with Gasteiger partial charge < -0.3 is 19.3 Å². The molecule has 0 aromatic heterocycles. The average molecular weight is 515 g/mol. The minimum Gasteiger partial charge on any atom is -0.491 e. The van der Waals surface area contributed by atoms with Crippen LogP contribution in [0.3, 0.4) is 0 Å². The molecule has 3 aromatic carbocycles. The van der Waals surface area contributed by atoms with Gasteiger partial charge in [-0.05, 0) is 79.3 Å². The van der Waals surface area contributed by atoms with Gasteiger partial charge in [-0.1, -0.05) is 43.0 Å². The number of aliphatic hydroxyl groups is 1. The third-order valence-electron chi connectivity index (χ3n) is 9.06. The molecule has 4 saturated carbocycles.